The van der Waals surface area contributed by atoms with Gasteiger partial charge in [0.2, 0.25) is 16.0 Å². The number of hydrogen-bond donors (Lipinski definition) is 3. The number of rotatable bonds is 17. The van der Waals surface area contributed by atoms with Crippen LogP contribution in [0.2, 0.25) is 0 Å². The summed E-state index contributed by atoms with van der Waals surface area (Å²) in [6, 6.07) is 30.4. The monoisotopic (exact) mass is 811 g/mol. The molecule has 0 heterocycles. The number of hydrogen-bond acceptors (Lipinski definition) is 9. The van der Waals surface area contributed by atoms with Crippen LogP contribution in [0.3, 0.4) is 0 Å². The summed E-state index contributed by atoms with van der Waals surface area (Å²) >= 11 is 0. The van der Waals surface area contributed by atoms with Gasteiger partial charge in [0.05, 0.1) is 15.7 Å². The van der Waals surface area contributed by atoms with E-state index in [9.17, 15) is 31.7 Å². The van der Waals surface area contributed by atoms with Crippen LogP contribution in [-0.4, -0.2) is 46.3 Å². The number of nitro groups is 1. The summed E-state index contributed by atoms with van der Waals surface area (Å²) in [6.45, 7) is 5.27. The fourth-order valence-corrected chi connectivity index (χ4v) is 9.37. The minimum atomic E-state index is -4.46. The molecule has 0 aliphatic carbocycles. The highest BCUT2D eigenvalue weighted by Crippen LogP contribution is 2.25. The molecule has 0 spiro atoms. The fourth-order valence-electron chi connectivity index (χ4n) is 6.57. The topological polar surface area (TPSA) is 200 Å². The van der Waals surface area contributed by atoms with Crippen molar-refractivity contribution in [3.63, 3.8) is 0 Å². The predicted octanol–water partition coefficient (Wildman–Crippen LogP) is 6.55. The summed E-state index contributed by atoms with van der Waals surface area (Å²) in [4.78, 5) is 28.4. The molecule has 4 N–H and O–H groups in total. The minimum Gasteiger partial charge on any atom is -0.460 e. The molecule has 0 unspecified atom stereocenters. The zero-order chi connectivity index (χ0) is 41.2. The van der Waals surface area contributed by atoms with E-state index in [0.717, 1.165) is 39.6 Å². The maximum atomic E-state index is 13.7. The lowest BCUT2D eigenvalue weighted by atomic mass is 9.96. The number of nitrogens with two attached hydrogens (primary N) is 1. The zero-order valence-electron chi connectivity index (χ0n) is 31.8. The second-order valence-corrected chi connectivity index (χ2v) is 17.0. The Bertz CT molecular complexity index is 2500. The van der Waals surface area contributed by atoms with Crippen molar-refractivity contribution >= 4 is 48.4 Å². The summed E-state index contributed by atoms with van der Waals surface area (Å²) in [7, 11) is -8.51. The van der Waals surface area contributed by atoms with Gasteiger partial charge >= 0.3 is 5.97 Å². The zero-order valence-corrected chi connectivity index (χ0v) is 33.4. The van der Waals surface area contributed by atoms with Crippen LogP contribution in [0.15, 0.2) is 136 Å². The number of aliphatic imine (C=N–C) groups is 1. The Labute approximate surface area is 332 Å². The van der Waals surface area contributed by atoms with E-state index in [1.54, 1.807) is 32.1 Å². The molecule has 0 bridgehead atoms. The van der Waals surface area contributed by atoms with Crippen LogP contribution in [0.1, 0.15) is 40.7 Å². The third kappa shape index (κ3) is 11.6. The van der Waals surface area contributed by atoms with Crippen molar-refractivity contribution < 1.29 is 31.3 Å². The molecule has 13 nitrogen and oxygen atoms in total. The number of nitro benzene ring substituents is 1. The summed E-state index contributed by atoms with van der Waals surface area (Å²) < 4.78 is 64.3. The lowest BCUT2D eigenvalue weighted by Crippen LogP contribution is -2.37. The predicted molar refractivity (Wildman–Crippen MR) is 220 cm³/mol. The maximum Gasteiger partial charge on any atom is 0.313 e. The van der Waals surface area contributed by atoms with Gasteiger partial charge in [-0.2, -0.15) is 0 Å². The number of nitrogens with zero attached hydrogens (tertiary/aromatic N) is 2. The number of para-hydroxylation sites is 1. The summed E-state index contributed by atoms with van der Waals surface area (Å²) in [5, 5.41) is 13.8. The molecule has 0 radical (unpaired) electrons. The third-order valence-corrected chi connectivity index (χ3v) is 12.3. The number of aryl methyl sites for hydroxylation is 3. The number of benzene rings is 5. The molecule has 15 heteroatoms. The van der Waals surface area contributed by atoms with E-state index < -0.39 is 53.5 Å². The largest absolute Gasteiger partial charge is 0.460 e. The molecule has 0 amide bonds. The number of carbonyl (C=O) groups excluding carboxylic acids is 1. The molecule has 5 aromatic carbocycles. The second kappa shape index (κ2) is 18.8. The average molecular weight is 812 g/mol. The van der Waals surface area contributed by atoms with Gasteiger partial charge in [0, 0.05) is 18.7 Å². The normalized spacial score (nSPS) is 13.4. The average Bonchev–Trinajstić information content (AvgIpc) is 3.16. The molecule has 0 fully saturated rings. The Balaban J connectivity index is 1.39. The van der Waals surface area contributed by atoms with Crippen molar-refractivity contribution in [2.24, 2.45) is 16.6 Å². The number of sulfonamides is 2. The standard InChI is InChI=1S/C42H45N5O8S2/c1-29-24-30(2)40(31(3)25-29)57(53,54)46-42(43)44-23-11-16-37(45-56(51,52)39-18-10-9-17-38(39)47(49)50)22-21-36(41(48)55-28-32-12-5-4-6-13-32)27-33-19-20-34-14-7-8-15-35(34)26-33/h4-10,12-15,17-22,24-26,36-37,45H,11,16,23,27-28H2,1-3H3,(H3,43,44,46)/b22-21+/t36-,37+/m1/s1. The van der Waals surface area contributed by atoms with Gasteiger partial charge in [-0.05, 0) is 79.1 Å². The molecule has 5 rings (SSSR count). The van der Waals surface area contributed by atoms with E-state index >= 15 is 0 Å². The third-order valence-electron chi connectivity index (χ3n) is 9.10. The van der Waals surface area contributed by atoms with Crippen molar-refractivity contribution in [1.82, 2.24) is 9.44 Å². The van der Waals surface area contributed by atoms with Crippen LogP contribution in [0.5, 0.6) is 0 Å². The van der Waals surface area contributed by atoms with Gasteiger partial charge in [-0.1, -0.05) is 115 Å². The van der Waals surface area contributed by atoms with Crippen LogP contribution in [-0.2, 0) is 42.6 Å². The Kier molecular flexibility index (Phi) is 14.0. The summed E-state index contributed by atoms with van der Waals surface area (Å²) in [5.74, 6) is -1.73. The van der Waals surface area contributed by atoms with Gasteiger partial charge in [0.1, 0.15) is 6.61 Å². The number of fused-ring (bicyclic) bond motifs is 1. The van der Waals surface area contributed by atoms with Crippen molar-refractivity contribution in [2.45, 2.75) is 62.5 Å². The molecular formula is C42H45N5O8S2. The first kappa shape index (κ1) is 42.2. The highest BCUT2D eigenvalue weighted by Gasteiger charge is 2.28. The molecule has 5 aromatic rings. The van der Waals surface area contributed by atoms with E-state index in [2.05, 4.69) is 14.4 Å². The van der Waals surface area contributed by atoms with Gasteiger partial charge in [0.15, 0.2) is 4.90 Å². The van der Waals surface area contributed by atoms with Crippen LogP contribution in [0.4, 0.5) is 5.69 Å². The van der Waals surface area contributed by atoms with Crippen molar-refractivity contribution in [3.8, 4) is 0 Å². The van der Waals surface area contributed by atoms with Crippen LogP contribution < -0.4 is 15.2 Å². The Morgan fingerprint density at radius 1 is 0.825 bits per heavy atom. The molecule has 0 saturated carbocycles. The highest BCUT2D eigenvalue weighted by molar-refractivity contribution is 7.90. The van der Waals surface area contributed by atoms with Gasteiger partial charge in [-0.15, -0.1) is 0 Å². The van der Waals surface area contributed by atoms with Gasteiger partial charge in [-0.3, -0.25) is 19.9 Å². The molecule has 0 aromatic heterocycles. The number of ether oxygens (including phenoxy) is 1. The van der Waals surface area contributed by atoms with Crippen molar-refractivity contribution in [2.75, 3.05) is 6.54 Å². The van der Waals surface area contributed by atoms with E-state index in [4.69, 9.17) is 10.5 Å². The first-order chi connectivity index (χ1) is 27.1. The lowest BCUT2D eigenvalue weighted by molar-refractivity contribution is -0.387. The highest BCUT2D eigenvalue weighted by atomic mass is 32.2. The molecular weight excluding hydrogens is 767 g/mol. The molecule has 2 atom stereocenters. The number of carbonyl (C=O) groups is 1. The van der Waals surface area contributed by atoms with Crippen LogP contribution in [0, 0.1) is 36.8 Å². The SMILES string of the molecule is Cc1cc(C)c(S(=O)(=O)NC(N)=NCCC[C@@H](/C=C/[C@H](Cc2ccc3ccccc3c2)C(=O)OCc2ccccc2)NS(=O)(=O)c2ccccc2[N+](=O)[O-])c(C)c1. The first-order valence-corrected chi connectivity index (χ1v) is 21.1. The van der Waals surface area contributed by atoms with Crippen LogP contribution in [0.25, 0.3) is 10.8 Å². The fraction of sp³-hybridized carbons (Fsp3) is 0.238. The molecule has 0 aliphatic heterocycles. The first-order valence-electron chi connectivity index (χ1n) is 18.2. The maximum absolute atomic E-state index is 13.7. The van der Waals surface area contributed by atoms with Gasteiger partial charge < -0.3 is 10.5 Å². The molecule has 0 saturated heterocycles. The number of nitrogens with one attached hydrogen (secondary N) is 2. The Morgan fingerprint density at radius 3 is 2.18 bits per heavy atom. The summed E-state index contributed by atoms with van der Waals surface area (Å²) in [6.07, 6.45) is 3.64. The summed E-state index contributed by atoms with van der Waals surface area (Å²) in [5.41, 5.74) is 9.05. The Hall–Kier alpha value is -5.90. The second-order valence-electron chi connectivity index (χ2n) is 13.7. The quantitative estimate of drug-likeness (QED) is 0.0177. The van der Waals surface area contributed by atoms with Gasteiger partial charge in [0.25, 0.3) is 15.7 Å². The number of esters is 1. The molecule has 298 valence electrons. The van der Waals surface area contributed by atoms with E-state index in [0.29, 0.717) is 11.1 Å². The minimum absolute atomic E-state index is 0.00258. The number of guanidine groups is 1. The van der Waals surface area contributed by atoms with E-state index in [1.165, 1.54) is 18.2 Å². The lowest BCUT2D eigenvalue weighted by Gasteiger charge is -2.18. The molecule has 57 heavy (non-hydrogen) atoms. The molecule has 0 aliphatic rings. The van der Waals surface area contributed by atoms with Crippen molar-refractivity contribution in [1.29, 1.82) is 0 Å². The van der Waals surface area contributed by atoms with Gasteiger partial charge in [-0.25, -0.2) is 26.3 Å². The van der Waals surface area contributed by atoms with Crippen molar-refractivity contribution in [3.05, 3.63) is 159 Å². The van der Waals surface area contributed by atoms with E-state index in [-0.39, 0.29) is 43.3 Å². The Morgan fingerprint density at radius 2 is 1.47 bits per heavy atom. The van der Waals surface area contributed by atoms with Crippen LogP contribution >= 0.6 is 0 Å². The van der Waals surface area contributed by atoms with E-state index in [1.807, 2.05) is 79.7 Å². The smallest absolute Gasteiger partial charge is 0.313 e.